The second kappa shape index (κ2) is 5.22. The van der Waals surface area contributed by atoms with Gasteiger partial charge in [0.2, 0.25) is 0 Å². The van der Waals surface area contributed by atoms with Gasteiger partial charge in [0.15, 0.2) is 0 Å². The molecule has 5 heteroatoms. The van der Waals surface area contributed by atoms with Gasteiger partial charge in [-0.1, -0.05) is 29.8 Å². The fourth-order valence-electron chi connectivity index (χ4n) is 2.39. The second-order valence-electron chi connectivity index (χ2n) is 4.85. The van der Waals surface area contributed by atoms with Gasteiger partial charge < -0.3 is 5.73 Å². The number of nitrogens with zero attached hydrogens (tertiary/aromatic N) is 3. The Bertz CT molecular complexity index is 808. The minimum atomic E-state index is 0.585. The number of rotatable bonds is 2. The summed E-state index contributed by atoms with van der Waals surface area (Å²) in [6.07, 6.45) is 1.76. The normalized spacial score (nSPS) is 10.8. The third-order valence-electron chi connectivity index (χ3n) is 3.50. The first-order valence-electron chi connectivity index (χ1n) is 6.59. The smallest absolute Gasteiger partial charge is 0.129 e. The van der Waals surface area contributed by atoms with Crippen LogP contribution in [0, 0.1) is 6.92 Å². The zero-order valence-corrected chi connectivity index (χ0v) is 12.6. The molecule has 0 saturated carbocycles. The molecule has 4 nitrogen and oxygen atoms in total. The molecule has 2 aromatic heterocycles. The Hall–Kier alpha value is -2.33. The minimum absolute atomic E-state index is 0.585. The van der Waals surface area contributed by atoms with Gasteiger partial charge in [0.1, 0.15) is 11.5 Å². The molecule has 1 aromatic carbocycles. The molecule has 0 spiro atoms. The highest BCUT2D eigenvalue weighted by molar-refractivity contribution is 6.33. The molecule has 0 atom stereocenters. The number of pyridine rings is 1. The lowest BCUT2D eigenvalue weighted by Gasteiger charge is -2.07. The SMILES string of the molecule is Cc1ncccc1-c1nn(C)c(N)c1-c1ccccc1Cl. The van der Waals surface area contributed by atoms with Crippen LogP contribution in [0.15, 0.2) is 42.6 Å². The Labute approximate surface area is 128 Å². The quantitative estimate of drug-likeness (QED) is 0.785. The molecule has 0 saturated heterocycles. The molecule has 0 aliphatic carbocycles. The van der Waals surface area contributed by atoms with Crippen LogP contribution in [0.4, 0.5) is 5.82 Å². The van der Waals surface area contributed by atoms with Gasteiger partial charge in [0.25, 0.3) is 0 Å². The average Bonchev–Trinajstić information content (AvgIpc) is 2.76. The van der Waals surface area contributed by atoms with Gasteiger partial charge in [-0.2, -0.15) is 5.10 Å². The average molecular weight is 299 g/mol. The Balaban J connectivity index is 2.32. The third-order valence-corrected chi connectivity index (χ3v) is 3.83. The Morgan fingerprint density at radius 3 is 2.52 bits per heavy atom. The Morgan fingerprint density at radius 1 is 1.10 bits per heavy atom. The number of nitrogen functional groups attached to an aromatic ring is 1. The number of anilines is 1. The Kier molecular flexibility index (Phi) is 3.39. The van der Waals surface area contributed by atoms with Gasteiger partial charge in [0.05, 0.1) is 5.56 Å². The molecule has 0 fully saturated rings. The molecular weight excluding hydrogens is 284 g/mol. The van der Waals surface area contributed by atoms with Gasteiger partial charge in [-0.05, 0) is 25.1 Å². The summed E-state index contributed by atoms with van der Waals surface area (Å²) in [6, 6.07) is 11.5. The van der Waals surface area contributed by atoms with Crippen LogP contribution in [0.1, 0.15) is 5.69 Å². The molecule has 2 heterocycles. The molecule has 3 rings (SSSR count). The van der Waals surface area contributed by atoms with E-state index in [1.807, 2.05) is 50.4 Å². The fourth-order valence-corrected chi connectivity index (χ4v) is 2.62. The predicted octanol–water partition coefficient (Wildman–Crippen LogP) is 3.69. The molecule has 106 valence electrons. The maximum atomic E-state index is 6.33. The van der Waals surface area contributed by atoms with E-state index in [1.54, 1.807) is 10.9 Å². The summed E-state index contributed by atoms with van der Waals surface area (Å²) in [5, 5.41) is 5.20. The van der Waals surface area contributed by atoms with Gasteiger partial charge in [-0.15, -0.1) is 0 Å². The zero-order valence-electron chi connectivity index (χ0n) is 11.8. The number of hydrogen-bond acceptors (Lipinski definition) is 3. The third kappa shape index (κ3) is 2.28. The summed E-state index contributed by atoms with van der Waals surface area (Å²) >= 11 is 6.33. The van der Waals surface area contributed by atoms with Gasteiger partial charge in [-0.3, -0.25) is 9.67 Å². The van der Waals surface area contributed by atoms with Crippen molar-refractivity contribution in [2.24, 2.45) is 7.05 Å². The van der Waals surface area contributed by atoms with Crippen molar-refractivity contribution in [1.29, 1.82) is 0 Å². The van der Waals surface area contributed by atoms with Crippen LogP contribution in [0.3, 0.4) is 0 Å². The molecule has 0 bridgehead atoms. The van der Waals surface area contributed by atoms with Crippen molar-refractivity contribution in [2.75, 3.05) is 5.73 Å². The van der Waals surface area contributed by atoms with Crippen LogP contribution < -0.4 is 5.73 Å². The zero-order chi connectivity index (χ0) is 15.0. The van der Waals surface area contributed by atoms with Crippen LogP contribution in [0.2, 0.25) is 5.02 Å². The highest BCUT2D eigenvalue weighted by Gasteiger charge is 2.20. The summed E-state index contributed by atoms with van der Waals surface area (Å²) < 4.78 is 1.67. The van der Waals surface area contributed by atoms with Crippen molar-refractivity contribution in [1.82, 2.24) is 14.8 Å². The fraction of sp³-hybridized carbons (Fsp3) is 0.125. The van der Waals surface area contributed by atoms with Crippen LogP contribution in [0.5, 0.6) is 0 Å². The van der Waals surface area contributed by atoms with E-state index in [0.717, 1.165) is 28.1 Å². The number of benzene rings is 1. The van der Waals surface area contributed by atoms with Crippen molar-refractivity contribution < 1.29 is 0 Å². The highest BCUT2D eigenvalue weighted by atomic mass is 35.5. The van der Waals surface area contributed by atoms with Crippen LogP contribution >= 0.6 is 11.6 Å². The lowest BCUT2D eigenvalue weighted by Crippen LogP contribution is -1.98. The lowest BCUT2D eigenvalue weighted by molar-refractivity contribution is 0.782. The molecule has 21 heavy (non-hydrogen) atoms. The summed E-state index contributed by atoms with van der Waals surface area (Å²) in [7, 11) is 1.82. The first kappa shape index (κ1) is 13.6. The number of aromatic nitrogens is 3. The number of aryl methyl sites for hydroxylation is 2. The van der Waals surface area contributed by atoms with Gasteiger partial charge in [0, 0.05) is 35.1 Å². The van der Waals surface area contributed by atoms with Crippen molar-refractivity contribution >= 4 is 17.4 Å². The van der Waals surface area contributed by atoms with E-state index < -0.39 is 0 Å². The van der Waals surface area contributed by atoms with E-state index in [4.69, 9.17) is 17.3 Å². The van der Waals surface area contributed by atoms with Crippen LogP contribution in [0.25, 0.3) is 22.4 Å². The molecule has 0 unspecified atom stereocenters. The van der Waals surface area contributed by atoms with Crippen molar-refractivity contribution in [3.8, 4) is 22.4 Å². The van der Waals surface area contributed by atoms with Crippen molar-refractivity contribution in [3.63, 3.8) is 0 Å². The monoisotopic (exact) mass is 298 g/mol. The van der Waals surface area contributed by atoms with E-state index in [-0.39, 0.29) is 0 Å². The lowest BCUT2D eigenvalue weighted by atomic mass is 10.00. The molecule has 0 aliphatic heterocycles. The molecule has 0 amide bonds. The van der Waals surface area contributed by atoms with E-state index in [0.29, 0.717) is 10.8 Å². The summed E-state index contributed by atoms with van der Waals surface area (Å²) in [4.78, 5) is 4.33. The second-order valence-corrected chi connectivity index (χ2v) is 5.26. The summed E-state index contributed by atoms with van der Waals surface area (Å²) in [5.41, 5.74) is 10.6. The van der Waals surface area contributed by atoms with Crippen molar-refractivity contribution in [3.05, 3.63) is 53.3 Å². The van der Waals surface area contributed by atoms with E-state index in [2.05, 4.69) is 10.1 Å². The highest BCUT2D eigenvalue weighted by Crippen LogP contribution is 2.39. The first-order valence-corrected chi connectivity index (χ1v) is 6.96. The predicted molar refractivity (Wildman–Crippen MR) is 86.0 cm³/mol. The standard InChI is InChI=1S/C16H15ClN4/c1-10-11(7-5-9-19-10)15-14(16(18)21(2)20-15)12-6-3-4-8-13(12)17/h3-9H,18H2,1-2H3. The number of hydrogen-bond donors (Lipinski definition) is 1. The summed E-state index contributed by atoms with van der Waals surface area (Å²) in [6.45, 7) is 1.95. The summed E-state index contributed by atoms with van der Waals surface area (Å²) in [5.74, 6) is 0.585. The molecular formula is C16H15ClN4. The molecule has 0 aliphatic rings. The molecule has 2 N–H and O–H groups in total. The van der Waals surface area contributed by atoms with Crippen molar-refractivity contribution in [2.45, 2.75) is 6.92 Å². The Morgan fingerprint density at radius 2 is 1.81 bits per heavy atom. The largest absolute Gasteiger partial charge is 0.383 e. The molecule has 0 radical (unpaired) electrons. The van der Waals surface area contributed by atoms with Gasteiger partial charge >= 0.3 is 0 Å². The topological polar surface area (TPSA) is 56.7 Å². The number of nitrogens with two attached hydrogens (primary N) is 1. The molecule has 3 aromatic rings. The van der Waals surface area contributed by atoms with E-state index in [1.165, 1.54) is 0 Å². The minimum Gasteiger partial charge on any atom is -0.383 e. The van der Waals surface area contributed by atoms with Crippen LogP contribution in [-0.4, -0.2) is 14.8 Å². The maximum absolute atomic E-state index is 6.33. The van der Waals surface area contributed by atoms with E-state index in [9.17, 15) is 0 Å². The van der Waals surface area contributed by atoms with Gasteiger partial charge in [-0.25, -0.2) is 0 Å². The van der Waals surface area contributed by atoms with E-state index >= 15 is 0 Å². The van der Waals surface area contributed by atoms with Crippen LogP contribution in [-0.2, 0) is 7.05 Å². The number of halogens is 1. The first-order chi connectivity index (χ1) is 10.1. The maximum Gasteiger partial charge on any atom is 0.129 e.